The van der Waals surface area contributed by atoms with Gasteiger partial charge in [-0.15, -0.1) is 0 Å². The number of para-hydroxylation sites is 1. The van der Waals surface area contributed by atoms with Gasteiger partial charge in [0.2, 0.25) is 0 Å². The summed E-state index contributed by atoms with van der Waals surface area (Å²) in [5, 5.41) is 10.3. The van der Waals surface area contributed by atoms with Crippen molar-refractivity contribution >= 4 is 11.4 Å². The molecule has 3 nitrogen and oxygen atoms in total. The van der Waals surface area contributed by atoms with Crippen LogP contribution in [0.25, 0.3) is 5.76 Å². The van der Waals surface area contributed by atoms with Gasteiger partial charge in [0.15, 0.2) is 11.5 Å². The Hall–Kier alpha value is -2.49. The number of rotatable bonds is 1. The van der Waals surface area contributed by atoms with Crippen LogP contribution in [0.15, 0.2) is 42.2 Å². The number of hydrogen-bond acceptors (Lipinski definition) is 3. The van der Waals surface area contributed by atoms with Crippen LogP contribution >= 0.6 is 0 Å². The van der Waals surface area contributed by atoms with Crippen LogP contribution < -0.4 is 10.5 Å². The number of ether oxygens (including phenoxy) is 1. The van der Waals surface area contributed by atoms with Gasteiger partial charge in [0.25, 0.3) is 0 Å². The van der Waals surface area contributed by atoms with Crippen LogP contribution in [0.3, 0.4) is 0 Å². The fraction of sp³-hybridized carbons (Fsp3) is 0.125. The molecule has 0 spiro atoms. The fourth-order valence-electron chi connectivity index (χ4n) is 2.36. The quantitative estimate of drug-likeness (QED) is 0.615. The first-order valence-electron chi connectivity index (χ1n) is 6.30. The maximum Gasteiger partial charge on any atom is 0.163 e. The second-order valence-electron chi connectivity index (χ2n) is 4.85. The molecule has 102 valence electrons. The van der Waals surface area contributed by atoms with Gasteiger partial charge >= 0.3 is 0 Å². The minimum absolute atomic E-state index is 0.0434. The van der Waals surface area contributed by atoms with Crippen LogP contribution in [0.4, 0.5) is 10.1 Å². The van der Waals surface area contributed by atoms with Crippen molar-refractivity contribution in [2.24, 2.45) is 0 Å². The Morgan fingerprint density at radius 1 is 1.30 bits per heavy atom. The number of fused-ring (bicyclic) bond motifs is 1. The Balaban J connectivity index is 2.03. The van der Waals surface area contributed by atoms with E-state index in [2.05, 4.69) is 0 Å². The molecule has 1 aliphatic rings. The lowest BCUT2D eigenvalue weighted by atomic mass is 10.1. The number of halogens is 1. The van der Waals surface area contributed by atoms with E-state index in [1.54, 1.807) is 0 Å². The van der Waals surface area contributed by atoms with Crippen molar-refractivity contribution in [3.8, 4) is 5.75 Å². The third kappa shape index (κ3) is 1.99. The molecular formula is C16H14FNO2. The molecular weight excluding hydrogens is 257 g/mol. The van der Waals surface area contributed by atoms with Crippen molar-refractivity contribution in [1.82, 2.24) is 0 Å². The third-order valence-corrected chi connectivity index (χ3v) is 3.40. The van der Waals surface area contributed by atoms with Crippen LogP contribution in [-0.4, -0.2) is 5.11 Å². The van der Waals surface area contributed by atoms with E-state index in [1.165, 1.54) is 18.2 Å². The van der Waals surface area contributed by atoms with Gasteiger partial charge in [0, 0.05) is 23.2 Å². The topological polar surface area (TPSA) is 55.5 Å². The Morgan fingerprint density at radius 2 is 2.10 bits per heavy atom. The normalized spacial score (nSPS) is 15.7. The molecule has 0 amide bonds. The summed E-state index contributed by atoms with van der Waals surface area (Å²) < 4.78 is 18.8. The van der Waals surface area contributed by atoms with Crippen molar-refractivity contribution in [2.75, 3.05) is 5.73 Å². The SMILES string of the molecule is Cc1cccc2c1O/C(=C(\O)c1ccc(F)cc1N)C2. The predicted octanol–water partition coefficient (Wildman–Crippen LogP) is 3.58. The monoisotopic (exact) mass is 271 g/mol. The summed E-state index contributed by atoms with van der Waals surface area (Å²) in [6.45, 7) is 1.95. The smallest absolute Gasteiger partial charge is 0.163 e. The van der Waals surface area contributed by atoms with Gasteiger partial charge in [0.1, 0.15) is 11.6 Å². The number of aliphatic hydroxyl groups is 1. The molecule has 1 aliphatic heterocycles. The number of nitrogens with two attached hydrogens (primary N) is 1. The van der Waals surface area contributed by atoms with Crippen molar-refractivity contribution in [1.29, 1.82) is 0 Å². The van der Waals surface area contributed by atoms with Gasteiger partial charge < -0.3 is 15.6 Å². The lowest BCUT2D eigenvalue weighted by Crippen LogP contribution is -2.00. The first kappa shape index (κ1) is 12.5. The second-order valence-corrected chi connectivity index (χ2v) is 4.85. The van der Waals surface area contributed by atoms with E-state index in [0.717, 1.165) is 16.9 Å². The zero-order valence-electron chi connectivity index (χ0n) is 11.0. The Bertz CT molecular complexity index is 722. The summed E-state index contributed by atoms with van der Waals surface area (Å²) >= 11 is 0. The minimum Gasteiger partial charge on any atom is -0.504 e. The molecule has 4 heteroatoms. The van der Waals surface area contributed by atoms with Crippen LogP contribution in [-0.2, 0) is 6.42 Å². The Morgan fingerprint density at radius 3 is 2.80 bits per heavy atom. The molecule has 3 rings (SSSR count). The fourth-order valence-corrected chi connectivity index (χ4v) is 2.36. The highest BCUT2D eigenvalue weighted by atomic mass is 19.1. The van der Waals surface area contributed by atoms with Crippen molar-refractivity contribution in [3.05, 3.63) is 64.7 Å². The van der Waals surface area contributed by atoms with Gasteiger partial charge in [-0.05, 0) is 30.7 Å². The lowest BCUT2D eigenvalue weighted by molar-refractivity contribution is 0.407. The van der Waals surface area contributed by atoms with E-state index in [0.29, 0.717) is 17.7 Å². The van der Waals surface area contributed by atoms with Crippen LogP contribution in [0.2, 0.25) is 0 Å². The molecule has 20 heavy (non-hydrogen) atoms. The van der Waals surface area contributed by atoms with Gasteiger partial charge in [-0.3, -0.25) is 0 Å². The number of allylic oxidation sites excluding steroid dienone is 1. The van der Waals surface area contributed by atoms with Crippen LogP contribution in [0.5, 0.6) is 5.75 Å². The first-order valence-corrected chi connectivity index (χ1v) is 6.30. The molecule has 0 saturated heterocycles. The number of benzene rings is 2. The summed E-state index contributed by atoms with van der Waals surface area (Å²) in [7, 11) is 0. The Labute approximate surface area is 116 Å². The van der Waals surface area contributed by atoms with Crippen LogP contribution in [0.1, 0.15) is 16.7 Å². The molecule has 0 saturated carbocycles. The number of aliphatic hydroxyl groups excluding tert-OH is 1. The van der Waals surface area contributed by atoms with Crippen molar-refractivity contribution in [2.45, 2.75) is 13.3 Å². The van der Waals surface area contributed by atoms with Crippen LogP contribution in [0, 0.1) is 12.7 Å². The number of aryl methyl sites for hydroxylation is 1. The molecule has 2 aromatic rings. The summed E-state index contributed by atoms with van der Waals surface area (Å²) in [5.41, 5.74) is 8.33. The third-order valence-electron chi connectivity index (χ3n) is 3.40. The van der Waals surface area contributed by atoms with Gasteiger partial charge in [-0.2, -0.15) is 0 Å². The van der Waals surface area contributed by atoms with Gasteiger partial charge in [0.05, 0.1) is 0 Å². The van der Waals surface area contributed by atoms with Crippen molar-refractivity contribution < 1.29 is 14.2 Å². The number of anilines is 1. The minimum atomic E-state index is -0.435. The molecule has 0 unspecified atom stereocenters. The van der Waals surface area contributed by atoms with E-state index in [4.69, 9.17) is 10.5 Å². The van der Waals surface area contributed by atoms with Gasteiger partial charge in [-0.1, -0.05) is 18.2 Å². The summed E-state index contributed by atoms with van der Waals surface area (Å²) in [4.78, 5) is 0. The maximum atomic E-state index is 13.0. The van der Waals surface area contributed by atoms with E-state index in [1.807, 2.05) is 25.1 Å². The highest BCUT2D eigenvalue weighted by Gasteiger charge is 2.23. The standard InChI is InChI=1S/C16H14FNO2/c1-9-3-2-4-10-7-14(20-16(9)10)15(19)12-6-5-11(17)8-13(12)18/h2-6,8,19H,7,18H2,1H3/b15-14-. The molecule has 2 aromatic carbocycles. The summed E-state index contributed by atoms with van der Waals surface area (Å²) in [6.07, 6.45) is 0.500. The molecule has 0 aromatic heterocycles. The van der Waals surface area contributed by atoms with E-state index in [-0.39, 0.29) is 11.4 Å². The second kappa shape index (κ2) is 4.56. The molecule has 0 fully saturated rings. The zero-order valence-corrected chi connectivity index (χ0v) is 11.0. The molecule has 1 heterocycles. The predicted molar refractivity (Wildman–Crippen MR) is 75.9 cm³/mol. The van der Waals surface area contributed by atoms with E-state index in [9.17, 15) is 9.50 Å². The summed E-state index contributed by atoms with van der Waals surface area (Å²) in [6, 6.07) is 9.74. The molecule has 3 N–H and O–H groups in total. The maximum absolute atomic E-state index is 13.0. The molecule has 0 radical (unpaired) electrons. The summed E-state index contributed by atoms with van der Waals surface area (Å²) in [5.74, 6) is 0.732. The largest absolute Gasteiger partial charge is 0.504 e. The van der Waals surface area contributed by atoms with Crippen molar-refractivity contribution in [3.63, 3.8) is 0 Å². The average molecular weight is 271 g/mol. The average Bonchev–Trinajstić information content (AvgIpc) is 2.83. The first-order chi connectivity index (χ1) is 9.56. The number of nitrogen functional groups attached to an aromatic ring is 1. The molecule has 0 atom stereocenters. The lowest BCUT2D eigenvalue weighted by Gasteiger charge is -2.08. The Kier molecular flexibility index (Phi) is 2.86. The van der Waals surface area contributed by atoms with Gasteiger partial charge in [-0.25, -0.2) is 4.39 Å². The van der Waals surface area contributed by atoms with E-state index >= 15 is 0 Å². The van der Waals surface area contributed by atoms with E-state index < -0.39 is 5.82 Å². The molecule has 0 bridgehead atoms. The number of hydrogen-bond donors (Lipinski definition) is 2. The highest BCUT2D eigenvalue weighted by molar-refractivity contribution is 5.73. The highest BCUT2D eigenvalue weighted by Crippen LogP contribution is 2.37. The molecule has 0 aliphatic carbocycles. The zero-order chi connectivity index (χ0) is 14.3.